The Morgan fingerprint density at radius 2 is 1.29 bits per heavy atom. The molecule has 0 bridgehead atoms. The number of halogens is 2. The summed E-state index contributed by atoms with van der Waals surface area (Å²) in [6, 6.07) is 33.8. The van der Waals surface area contributed by atoms with Crippen LogP contribution in [0.25, 0.3) is 22.9 Å². The van der Waals surface area contributed by atoms with Gasteiger partial charge in [-0.25, -0.2) is 0 Å². The molecule has 0 unspecified atom stereocenters. The van der Waals surface area contributed by atoms with Crippen LogP contribution in [-0.2, 0) is 4.79 Å². The van der Waals surface area contributed by atoms with Gasteiger partial charge in [-0.3, -0.25) is 14.4 Å². The largest absolute Gasteiger partial charge is 0.321 e. The van der Waals surface area contributed by atoms with E-state index < -0.39 is 11.8 Å². The van der Waals surface area contributed by atoms with E-state index in [-0.39, 0.29) is 11.5 Å². The molecule has 0 aromatic heterocycles. The molecule has 0 fully saturated rings. The topological polar surface area (TPSA) is 75.3 Å². The minimum absolute atomic E-state index is 0.0694. The first-order valence-electron chi connectivity index (χ1n) is 13.0. The van der Waals surface area contributed by atoms with Gasteiger partial charge in [0.15, 0.2) is 5.78 Å². The fourth-order valence-corrected chi connectivity index (χ4v) is 4.84. The van der Waals surface area contributed by atoms with Gasteiger partial charge in [0.1, 0.15) is 5.70 Å². The number of hydrogen-bond donors (Lipinski definition) is 2. The Morgan fingerprint density at radius 1 is 0.643 bits per heavy atom. The van der Waals surface area contributed by atoms with E-state index in [1.165, 1.54) is 6.08 Å². The first-order chi connectivity index (χ1) is 20.4. The van der Waals surface area contributed by atoms with Crippen LogP contribution in [0.3, 0.4) is 0 Å². The van der Waals surface area contributed by atoms with Crippen LogP contribution >= 0.6 is 23.2 Å². The monoisotopic (exact) mass is 590 g/mol. The third-order valence-electron chi connectivity index (χ3n) is 6.48. The van der Waals surface area contributed by atoms with Gasteiger partial charge in [0, 0.05) is 32.4 Å². The molecule has 0 atom stereocenters. The zero-order valence-corrected chi connectivity index (χ0v) is 23.7. The Bertz CT molecular complexity index is 1820. The molecule has 7 heteroatoms. The summed E-state index contributed by atoms with van der Waals surface area (Å²) >= 11 is 12.4. The molecule has 0 aliphatic carbocycles. The number of ketones is 1. The molecule has 42 heavy (non-hydrogen) atoms. The smallest absolute Gasteiger partial charge is 0.272 e. The van der Waals surface area contributed by atoms with E-state index in [1.54, 1.807) is 78.9 Å². The van der Waals surface area contributed by atoms with E-state index in [1.807, 2.05) is 48.5 Å². The number of carbonyl (C=O) groups is 3. The second-order valence-corrected chi connectivity index (χ2v) is 10.1. The molecule has 5 aromatic rings. The second kappa shape index (κ2) is 13.1. The molecule has 0 radical (unpaired) electrons. The van der Waals surface area contributed by atoms with Crippen LogP contribution in [0.4, 0.5) is 5.69 Å². The normalized spacial score (nSPS) is 11.4. The van der Waals surface area contributed by atoms with Crippen LogP contribution in [0.15, 0.2) is 127 Å². The van der Waals surface area contributed by atoms with E-state index in [2.05, 4.69) is 10.6 Å². The van der Waals surface area contributed by atoms with Gasteiger partial charge in [-0.2, -0.15) is 0 Å². The lowest BCUT2D eigenvalue weighted by Gasteiger charge is -2.12. The number of carbonyl (C=O) groups excluding carboxylic acids is 3. The van der Waals surface area contributed by atoms with Crippen molar-refractivity contribution < 1.29 is 14.4 Å². The first kappa shape index (κ1) is 28.6. The Kier molecular flexibility index (Phi) is 8.93. The molecule has 2 amide bonds. The first-order valence-corrected chi connectivity index (χ1v) is 13.8. The predicted molar refractivity (Wildman–Crippen MR) is 171 cm³/mol. The number of benzene rings is 5. The minimum Gasteiger partial charge on any atom is -0.321 e. The average molecular weight is 591 g/mol. The Balaban J connectivity index is 1.37. The van der Waals surface area contributed by atoms with Gasteiger partial charge >= 0.3 is 0 Å². The van der Waals surface area contributed by atoms with Crippen LogP contribution in [0, 0.1) is 0 Å². The van der Waals surface area contributed by atoms with Gasteiger partial charge in [0.2, 0.25) is 0 Å². The fourth-order valence-electron chi connectivity index (χ4n) is 4.32. The minimum atomic E-state index is -0.514. The Hall–Kier alpha value is -4.97. The molecular weight excluding hydrogens is 567 g/mol. The van der Waals surface area contributed by atoms with Crippen molar-refractivity contribution in [3.8, 4) is 0 Å². The summed E-state index contributed by atoms with van der Waals surface area (Å²) in [5, 5.41) is 8.41. The molecule has 0 saturated carbocycles. The van der Waals surface area contributed by atoms with Gasteiger partial charge in [-0.1, -0.05) is 89.9 Å². The SMILES string of the molecule is O=C(Nc1ccc(C(=O)/C=C/c2c(Cl)cccc2Cl)cc1)/C(=C/c1cccc2ccccc12)NC(=O)c1ccccc1. The molecule has 0 aliphatic rings. The van der Waals surface area contributed by atoms with E-state index in [0.717, 1.165) is 16.3 Å². The zero-order chi connectivity index (χ0) is 29.5. The van der Waals surface area contributed by atoms with Crippen molar-refractivity contribution >= 4 is 69.4 Å². The fraction of sp³-hybridized carbons (Fsp3) is 0. The number of anilines is 1. The third-order valence-corrected chi connectivity index (χ3v) is 7.14. The number of allylic oxidation sites excluding steroid dienone is 1. The van der Waals surface area contributed by atoms with Crippen molar-refractivity contribution in [3.05, 3.63) is 159 Å². The lowest BCUT2D eigenvalue weighted by atomic mass is 10.0. The molecule has 0 aliphatic heterocycles. The van der Waals surface area contributed by atoms with Crippen molar-refractivity contribution in [1.29, 1.82) is 0 Å². The van der Waals surface area contributed by atoms with E-state index in [0.29, 0.717) is 32.4 Å². The maximum atomic E-state index is 13.5. The average Bonchev–Trinajstić information content (AvgIpc) is 3.01. The molecule has 5 aromatic carbocycles. The maximum absolute atomic E-state index is 13.5. The lowest BCUT2D eigenvalue weighted by Crippen LogP contribution is -2.30. The van der Waals surface area contributed by atoms with Gasteiger partial charge in [0.25, 0.3) is 11.8 Å². The molecule has 5 nitrogen and oxygen atoms in total. The van der Waals surface area contributed by atoms with Crippen LogP contribution in [0.5, 0.6) is 0 Å². The number of rotatable bonds is 8. The summed E-state index contributed by atoms with van der Waals surface area (Å²) in [7, 11) is 0. The van der Waals surface area contributed by atoms with E-state index in [4.69, 9.17) is 23.2 Å². The standard InChI is InChI=1S/C35H24Cl2N2O3/c36-30-14-7-15-31(37)29(30)20-21-33(40)24-16-18-27(19-17-24)38-35(42)32(39-34(41)25-9-2-1-3-10-25)22-26-12-6-11-23-8-4-5-13-28(23)26/h1-22H,(H,38,42)(H,39,41)/b21-20+,32-22-. The molecule has 0 heterocycles. The van der Waals surface area contributed by atoms with Crippen LogP contribution < -0.4 is 10.6 Å². The van der Waals surface area contributed by atoms with Gasteiger partial charge in [0.05, 0.1) is 0 Å². The summed E-state index contributed by atoms with van der Waals surface area (Å²) < 4.78 is 0. The number of amides is 2. The highest BCUT2D eigenvalue weighted by atomic mass is 35.5. The molecule has 0 saturated heterocycles. The van der Waals surface area contributed by atoms with Crippen molar-refractivity contribution in [2.75, 3.05) is 5.32 Å². The van der Waals surface area contributed by atoms with E-state index >= 15 is 0 Å². The molecule has 206 valence electrons. The lowest BCUT2D eigenvalue weighted by molar-refractivity contribution is -0.113. The second-order valence-electron chi connectivity index (χ2n) is 9.31. The Morgan fingerprint density at radius 3 is 2.02 bits per heavy atom. The van der Waals surface area contributed by atoms with Crippen molar-refractivity contribution in [2.45, 2.75) is 0 Å². The molecular formula is C35H24Cl2N2O3. The van der Waals surface area contributed by atoms with Crippen LogP contribution in [0.2, 0.25) is 10.0 Å². The van der Waals surface area contributed by atoms with Crippen molar-refractivity contribution in [2.24, 2.45) is 0 Å². The molecule has 2 N–H and O–H groups in total. The highest BCUT2D eigenvalue weighted by molar-refractivity contribution is 6.37. The Labute approximate surface area is 253 Å². The summed E-state index contributed by atoms with van der Waals surface area (Å²) in [6.07, 6.45) is 4.62. The van der Waals surface area contributed by atoms with Gasteiger partial charge in [-0.15, -0.1) is 0 Å². The molecule has 5 rings (SSSR count). The third kappa shape index (κ3) is 6.84. The predicted octanol–water partition coefficient (Wildman–Crippen LogP) is 8.45. The van der Waals surface area contributed by atoms with Gasteiger partial charge < -0.3 is 10.6 Å². The van der Waals surface area contributed by atoms with Crippen LogP contribution in [-0.4, -0.2) is 17.6 Å². The highest BCUT2D eigenvalue weighted by Crippen LogP contribution is 2.26. The summed E-state index contributed by atoms with van der Waals surface area (Å²) in [6.45, 7) is 0. The molecule has 0 spiro atoms. The van der Waals surface area contributed by atoms with Crippen LogP contribution in [0.1, 0.15) is 31.8 Å². The summed E-state index contributed by atoms with van der Waals surface area (Å²) in [4.78, 5) is 39.2. The van der Waals surface area contributed by atoms with Crippen molar-refractivity contribution in [3.63, 3.8) is 0 Å². The number of fused-ring (bicyclic) bond motifs is 1. The summed E-state index contributed by atoms with van der Waals surface area (Å²) in [5.74, 6) is -1.18. The van der Waals surface area contributed by atoms with Crippen molar-refractivity contribution in [1.82, 2.24) is 5.32 Å². The van der Waals surface area contributed by atoms with Gasteiger partial charge in [-0.05, 0) is 83.1 Å². The quantitative estimate of drug-likeness (QED) is 0.140. The maximum Gasteiger partial charge on any atom is 0.272 e. The zero-order valence-electron chi connectivity index (χ0n) is 22.2. The number of nitrogens with one attached hydrogen (secondary N) is 2. The van der Waals surface area contributed by atoms with E-state index in [9.17, 15) is 14.4 Å². The summed E-state index contributed by atoms with van der Waals surface area (Å²) in [5.41, 5.74) is 2.69. The number of hydrogen-bond acceptors (Lipinski definition) is 3. The highest BCUT2D eigenvalue weighted by Gasteiger charge is 2.16.